The average Bonchev–Trinajstić information content (AvgIpc) is 3.08. The molecule has 7 heteroatoms. The maximum absolute atomic E-state index is 13.4. The van der Waals surface area contributed by atoms with E-state index < -0.39 is 10.0 Å². The van der Waals surface area contributed by atoms with Crippen molar-refractivity contribution in [3.8, 4) is 0 Å². The van der Waals surface area contributed by atoms with Crippen LogP contribution in [0.4, 0.5) is 5.82 Å². The number of sulfonamides is 1. The summed E-state index contributed by atoms with van der Waals surface area (Å²) in [6.07, 6.45) is 1.49. The summed E-state index contributed by atoms with van der Waals surface area (Å²) in [6, 6.07) is 17.7. The van der Waals surface area contributed by atoms with Gasteiger partial charge in [-0.2, -0.15) is 4.31 Å². The lowest BCUT2D eigenvalue weighted by atomic mass is 9.87. The number of rotatable bonds is 5. The van der Waals surface area contributed by atoms with E-state index in [0.717, 1.165) is 47.8 Å². The first-order chi connectivity index (χ1) is 16.6. The van der Waals surface area contributed by atoms with E-state index in [-0.39, 0.29) is 5.41 Å². The molecule has 6 nitrogen and oxygen atoms in total. The van der Waals surface area contributed by atoms with E-state index in [1.54, 1.807) is 16.4 Å². The Morgan fingerprint density at radius 3 is 2.20 bits per heavy atom. The lowest BCUT2D eigenvalue weighted by molar-refractivity contribution is 0.433. The van der Waals surface area contributed by atoms with Crippen molar-refractivity contribution in [1.82, 2.24) is 14.3 Å². The number of hydrogen-bond acceptors (Lipinski definition) is 5. The van der Waals surface area contributed by atoms with Crippen LogP contribution in [-0.2, 0) is 21.9 Å². The smallest absolute Gasteiger partial charge is 0.243 e. The highest BCUT2D eigenvalue weighted by Crippen LogP contribution is 2.28. The van der Waals surface area contributed by atoms with Crippen LogP contribution in [0.3, 0.4) is 0 Å². The fourth-order valence-electron chi connectivity index (χ4n) is 4.61. The minimum atomic E-state index is -3.55. The average molecular weight is 493 g/mol. The molecule has 3 aromatic rings. The summed E-state index contributed by atoms with van der Waals surface area (Å²) < 4.78 is 28.5. The molecule has 2 aromatic carbocycles. The predicted molar refractivity (Wildman–Crippen MR) is 141 cm³/mol. The maximum Gasteiger partial charge on any atom is 0.243 e. The highest BCUT2D eigenvalue weighted by atomic mass is 32.2. The topological polar surface area (TPSA) is 66.4 Å². The summed E-state index contributed by atoms with van der Waals surface area (Å²) in [7, 11) is -3.55. The Labute approximate surface area is 210 Å². The molecule has 0 N–H and O–H groups in total. The van der Waals surface area contributed by atoms with Gasteiger partial charge in [0.05, 0.1) is 4.90 Å². The number of aromatic nitrogens is 2. The van der Waals surface area contributed by atoms with Crippen LogP contribution in [0.5, 0.6) is 0 Å². The quantitative estimate of drug-likeness (QED) is 0.508. The van der Waals surface area contributed by atoms with Gasteiger partial charge in [0.2, 0.25) is 10.0 Å². The Morgan fingerprint density at radius 1 is 0.857 bits per heavy atom. The van der Waals surface area contributed by atoms with Crippen molar-refractivity contribution in [2.24, 2.45) is 0 Å². The van der Waals surface area contributed by atoms with Gasteiger partial charge in [0, 0.05) is 43.9 Å². The third-order valence-electron chi connectivity index (χ3n) is 6.64. The Hall–Kier alpha value is -2.77. The molecule has 0 amide bonds. The van der Waals surface area contributed by atoms with Crippen molar-refractivity contribution in [2.45, 2.75) is 57.8 Å². The molecule has 0 atom stereocenters. The van der Waals surface area contributed by atoms with Gasteiger partial charge in [0.25, 0.3) is 0 Å². The monoisotopic (exact) mass is 492 g/mol. The molecule has 0 aliphatic carbocycles. The second kappa shape index (κ2) is 10.1. The van der Waals surface area contributed by atoms with Gasteiger partial charge in [-0.3, -0.25) is 0 Å². The van der Waals surface area contributed by atoms with Crippen molar-refractivity contribution < 1.29 is 8.42 Å². The van der Waals surface area contributed by atoms with Crippen LogP contribution < -0.4 is 4.90 Å². The highest BCUT2D eigenvalue weighted by molar-refractivity contribution is 7.89. The standard InChI is InChI=1S/C28H36N4O2S/c1-21-26(20-23-10-7-6-8-11-23)27(30-22(2)29-21)31-16-9-17-32(19-18-31)35(33,34)25-14-12-24(13-15-25)28(3,4)5/h6-8,10-15H,9,16-20H2,1-5H3. The zero-order valence-electron chi connectivity index (χ0n) is 21.5. The van der Waals surface area contributed by atoms with E-state index in [1.807, 2.05) is 44.2 Å². The lowest BCUT2D eigenvalue weighted by Crippen LogP contribution is -2.35. The van der Waals surface area contributed by atoms with Crippen molar-refractivity contribution in [3.05, 3.63) is 82.8 Å². The predicted octanol–water partition coefficient (Wildman–Crippen LogP) is 4.88. The largest absolute Gasteiger partial charge is 0.355 e. The third-order valence-corrected chi connectivity index (χ3v) is 8.55. The molecular formula is C28H36N4O2S. The van der Waals surface area contributed by atoms with E-state index in [1.165, 1.54) is 5.56 Å². The molecule has 35 heavy (non-hydrogen) atoms. The zero-order chi connectivity index (χ0) is 25.2. The van der Waals surface area contributed by atoms with Gasteiger partial charge in [0.15, 0.2) is 0 Å². The van der Waals surface area contributed by atoms with Crippen molar-refractivity contribution in [3.63, 3.8) is 0 Å². The number of anilines is 1. The van der Waals surface area contributed by atoms with Gasteiger partial charge in [-0.1, -0.05) is 63.2 Å². The number of benzene rings is 2. The van der Waals surface area contributed by atoms with Crippen LogP contribution in [-0.4, -0.2) is 48.9 Å². The van der Waals surface area contributed by atoms with E-state index in [9.17, 15) is 8.42 Å². The first kappa shape index (κ1) is 25.3. The van der Waals surface area contributed by atoms with Crippen molar-refractivity contribution in [2.75, 3.05) is 31.1 Å². The van der Waals surface area contributed by atoms with Crippen LogP contribution in [0.1, 0.15) is 55.4 Å². The Morgan fingerprint density at radius 2 is 1.54 bits per heavy atom. The van der Waals surface area contributed by atoms with E-state index >= 15 is 0 Å². The Balaban J connectivity index is 1.56. The lowest BCUT2D eigenvalue weighted by Gasteiger charge is -2.26. The van der Waals surface area contributed by atoms with Crippen LogP contribution >= 0.6 is 0 Å². The Bertz CT molecular complexity index is 1270. The molecule has 1 aromatic heterocycles. The first-order valence-electron chi connectivity index (χ1n) is 12.3. The molecule has 0 bridgehead atoms. The van der Waals surface area contributed by atoms with E-state index in [0.29, 0.717) is 24.5 Å². The molecule has 0 spiro atoms. The summed E-state index contributed by atoms with van der Waals surface area (Å²) in [5.41, 5.74) is 4.40. The van der Waals surface area contributed by atoms with E-state index in [2.05, 4.69) is 42.8 Å². The van der Waals surface area contributed by atoms with Crippen molar-refractivity contribution >= 4 is 15.8 Å². The molecule has 1 saturated heterocycles. The van der Waals surface area contributed by atoms with E-state index in [4.69, 9.17) is 4.98 Å². The Kier molecular flexibility index (Phi) is 7.29. The second-order valence-corrected chi connectivity index (χ2v) is 12.3. The zero-order valence-corrected chi connectivity index (χ0v) is 22.3. The minimum absolute atomic E-state index is 0.0172. The summed E-state index contributed by atoms with van der Waals surface area (Å²) in [5, 5.41) is 0. The molecular weight excluding hydrogens is 456 g/mol. The SMILES string of the molecule is Cc1nc(C)c(Cc2ccccc2)c(N2CCCN(S(=O)(=O)c3ccc(C(C)(C)C)cc3)CC2)n1. The molecule has 0 saturated carbocycles. The van der Waals surface area contributed by atoms with Crippen LogP contribution in [0, 0.1) is 13.8 Å². The summed E-state index contributed by atoms with van der Waals surface area (Å²) in [5.74, 6) is 1.66. The summed E-state index contributed by atoms with van der Waals surface area (Å²) in [6.45, 7) is 12.6. The van der Waals surface area contributed by atoms with Gasteiger partial charge >= 0.3 is 0 Å². The van der Waals surface area contributed by atoms with Crippen molar-refractivity contribution in [1.29, 1.82) is 0 Å². The minimum Gasteiger partial charge on any atom is -0.355 e. The van der Waals surface area contributed by atoms with Gasteiger partial charge in [0.1, 0.15) is 11.6 Å². The fourth-order valence-corrected chi connectivity index (χ4v) is 6.08. The summed E-state index contributed by atoms with van der Waals surface area (Å²) in [4.78, 5) is 12.0. The normalized spacial score (nSPS) is 15.7. The van der Waals surface area contributed by atoms with Crippen LogP contribution in [0.15, 0.2) is 59.5 Å². The molecule has 4 rings (SSSR count). The molecule has 0 unspecified atom stereocenters. The van der Waals surface area contributed by atoms with Gasteiger partial charge in [-0.05, 0) is 48.9 Å². The van der Waals surface area contributed by atoms with Gasteiger partial charge < -0.3 is 4.90 Å². The molecule has 1 fully saturated rings. The van der Waals surface area contributed by atoms with Crippen LogP contribution in [0.2, 0.25) is 0 Å². The number of nitrogens with zero attached hydrogens (tertiary/aromatic N) is 4. The first-order valence-corrected chi connectivity index (χ1v) is 13.7. The fraction of sp³-hybridized carbons (Fsp3) is 0.429. The van der Waals surface area contributed by atoms with Gasteiger partial charge in [-0.25, -0.2) is 18.4 Å². The third kappa shape index (κ3) is 5.73. The number of hydrogen-bond donors (Lipinski definition) is 0. The molecule has 1 aliphatic heterocycles. The van der Waals surface area contributed by atoms with Gasteiger partial charge in [-0.15, -0.1) is 0 Å². The molecule has 1 aliphatic rings. The molecule has 2 heterocycles. The van der Waals surface area contributed by atoms with Crippen LogP contribution in [0.25, 0.3) is 0 Å². The highest BCUT2D eigenvalue weighted by Gasteiger charge is 2.29. The molecule has 186 valence electrons. The summed E-state index contributed by atoms with van der Waals surface area (Å²) >= 11 is 0. The number of aryl methyl sites for hydroxylation is 2. The maximum atomic E-state index is 13.4. The second-order valence-electron chi connectivity index (χ2n) is 10.3. The molecule has 0 radical (unpaired) electrons.